The summed E-state index contributed by atoms with van der Waals surface area (Å²) in [7, 11) is 0. The molecule has 47 heavy (non-hydrogen) atoms. The first kappa shape index (κ1) is 25.7. The van der Waals surface area contributed by atoms with Gasteiger partial charge in [-0.3, -0.25) is 0 Å². The molecule has 0 spiro atoms. The Labute approximate surface area is 269 Å². The number of para-hydroxylation sites is 4. The maximum atomic E-state index is 10.1. The summed E-state index contributed by atoms with van der Waals surface area (Å²) < 4.78 is 11.3. The lowest BCUT2D eigenvalue weighted by Crippen LogP contribution is -1.99. The molecule has 4 nitrogen and oxygen atoms in total. The lowest BCUT2D eigenvalue weighted by Gasteiger charge is -2.16. The third-order valence-electron chi connectivity index (χ3n) is 9.54. The highest BCUT2D eigenvalue weighted by atomic mass is 16.3. The van der Waals surface area contributed by atoms with Crippen LogP contribution in [0, 0.1) is 11.3 Å². The fourth-order valence-corrected chi connectivity index (χ4v) is 7.52. The fraction of sp³-hybridized carbons (Fsp3) is 0. The molecule has 0 aliphatic rings. The highest BCUT2D eigenvalue weighted by Gasteiger charge is 2.21. The minimum absolute atomic E-state index is 0.602. The zero-order chi connectivity index (χ0) is 31.1. The predicted molar refractivity (Wildman–Crippen MR) is 193 cm³/mol. The van der Waals surface area contributed by atoms with Crippen LogP contribution in [-0.4, -0.2) is 9.13 Å². The minimum atomic E-state index is 0.602. The van der Waals surface area contributed by atoms with Crippen molar-refractivity contribution in [1.29, 1.82) is 5.26 Å². The third kappa shape index (κ3) is 3.63. The van der Waals surface area contributed by atoms with E-state index in [4.69, 9.17) is 4.42 Å². The average Bonchev–Trinajstić information content (AvgIpc) is 3.79. The van der Waals surface area contributed by atoms with Gasteiger partial charge in [0.2, 0.25) is 0 Å². The highest BCUT2D eigenvalue weighted by molar-refractivity contribution is 6.21. The maximum absolute atomic E-state index is 10.1. The number of nitriles is 1. The number of nitrogens with zero attached hydrogens (tertiary/aromatic N) is 3. The topological polar surface area (TPSA) is 46.8 Å². The van der Waals surface area contributed by atoms with Gasteiger partial charge in [0, 0.05) is 43.6 Å². The van der Waals surface area contributed by atoms with Crippen LogP contribution in [0.3, 0.4) is 0 Å². The molecule has 3 aromatic heterocycles. The molecule has 3 heterocycles. The van der Waals surface area contributed by atoms with Gasteiger partial charge < -0.3 is 13.6 Å². The van der Waals surface area contributed by atoms with Crippen molar-refractivity contribution in [1.82, 2.24) is 9.13 Å². The Bertz CT molecular complexity index is 2880. The average molecular weight is 600 g/mol. The molecule has 0 N–H and O–H groups in total. The number of hydrogen-bond acceptors (Lipinski definition) is 2. The van der Waals surface area contributed by atoms with Crippen LogP contribution in [0.5, 0.6) is 0 Å². The Kier molecular flexibility index (Phi) is 5.32. The molecule has 10 aromatic rings. The van der Waals surface area contributed by atoms with E-state index in [1.165, 1.54) is 21.8 Å². The Morgan fingerprint density at radius 3 is 1.83 bits per heavy atom. The molecule has 0 amide bonds. The first-order valence-corrected chi connectivity index (χ1v) is 15.8. The summed E-state index contributed by atoms with van der Waals surface area (Å²) in [6.45, 7) is 0. The lowest BCUT2D eigenvalue weighted by atomic mass is 10.0. The molecule has 0 saturated carbocycles. The van der Waals surface area contributed by atoms with Gasteiger partial charge in [0.1, 0.15) is 5.58 Å². The Hall–Kier alpha value is -6.57. The van der Waals surface area contributed by atoms with Crippen molar-refractivity contribution in [3.05, 3.63) is 157 Å². The van der Waals surface area contributed by atoms with Gasteiger partial charge in [-0.05, 0) is 60.2 Å². The number of aromatic nitrogens is 2. The Morgan fingerprint density at radius 2 is 1.11 bits per heavy atom. The van der Waals surface area contributed by atoms with Crippen molar-refractivity contribution < 1.29 is 4.42 Å². The second-order valence-electron chi connectivity index (χ2n) is 12.1. The van der Waals surface area contributed by atoms with E-state index in [9.17, 15) is 5.26 Å². The summed E-state index contributed by atoms with van der Waals surface area (Å²) in [5.41, 5.74) is 10.8. The van der Waals surface area contributed by atoms with E-state index in [1.807, 2.05) is 24.3 Å². The van der Waals surface area contributed by atoms with Gasteiger partial charge in [-0.25, -0.2) is 0 Å². The second kappa shape index (κ2) is 9.71. The third-order valence-corrected chi connectivity index (χ3v) is 9.54. The van der Waals surface area contributed by atoms with Crippen LogP contribution < -0.4 is 0 Å². The van der Waals surface area contributed by atoms with Crippen molar-refractivity contribution in [3.8, 4) is 28.6 Å². The van der Waals surface area contributed by atoms with Crippen LogP contribution in [0.15, 0.2) is 156 Å². The summed E-state index contributed by atoms with van der Waals surface area (Å²) in [5.74, 6) is 0. The number of hydrogen-bond donors (Lipinski definition) is 0. The molecule has 0 aliphatic carbocycles. The van der Waals surface area contributed by atoms with E-state index >= 15 is 0 Å². The maximum Gasteiger partial charge on any atom is 0.160 e. The zero-order valence-electron chi connectivity index (χ0n) is 25.2. The van der Waals surface area contributed by atoms with E-state index in [0.717, 1.165) is 66.2 Å². The van der Waals surface area contributed by atoms with E-state index in [1.54, 1.807) is 0 Å². The summed E-state index contributed by atoms with van der Waals surface area (Å²) in [6, 6.07) is 55.3. The quantitative estimate of drug-likeness (QED) is 0.203. The van der Waals surface area contributed by atoms with Crippen molar-refractivity contribution in [3.63, 3.8) is 0 Å². The van der Waals surface area contributed by atoms with Crippen molar-refractivity contribution in [2.24, 2.45) is 0 Å². The molecule has 0 unspecified atom stereocenters. The first-order valence-electron chi connectivity index (χ1n) is 15.8. The van der Waals surface area contributed by atoms with E-state index in [-0.39, 0.29) is 0 Å². The molecular weight excluding hydrogens is 574 g/mol. The standard InChI is InChI=1S/C43H25N3O/c44-26-27-20-21-30(28-10-9-11-29(25-28)45-37-16-5-1-12-31(37)32-13-2-6-17-38(32)45)40(24-27)46-39-18-7-3-14-33(39)35-22-23-36-34-15-4-8-19-41(34)47-43(36)42(35)46/h1-25H. The summed E-state index contributed by atoms with van der Waals surface area (Å²) >= 11 is 0. The van der Waals surface area contributed by atoms with Crippen molar-refractivity contribution >= 4 is 65.6 Å². The van der Waals surface area contributed by atoms with Gasteiger partial charge in [-0.1, -0.05) is 97.1 Å². The van der Waals surface area contributed by atoms with Crippen LogP contribution >= 0.6 is 0 Å². The normalized spacial score (nSPS) is 11.8. The van der Waals surface area contributed by atoms with E-state index in [0.29, 0.717) is 5.56 Å². The molecule has 218 valence electrons. The molecule has 0 saturated heterocycles. The largest absolute Gasteiger partial charge is 0.454 e. The molecule has 4 heteroatoms. The second-order valence-corrected chi connectivity index (χ2v) is 12.1. The SMILES string of the molecule is N#Cc1ccc(-c2cccc(-n3c4ccccc4c4ccccc43)c2)c(-n2c3ccccc3c3ccc4c5ccccc5oc4c32)c1. The highest BCUT2D eigenvalue weighted by Crippen LogP contribution is 2.42. The molecular formula is C43H25N3O. The van der Waals surface area contributed by atoms with Gasteiger partial charge in [-0.15, -0.1) is 0 Å². The molecule has 0 radical (unpaired) electrons. The van der Waals surface area contributed by atoms with Gasteiger partial charge >= 0.3 is 0 Å². The van der Waals surface area contributed by atoms with Gasteiger partial charge in [0.05, 0.1) is 39.4 Å². The fourth-order valence-electron chi connectivity index (χ4n) is 7.52. The number of benzene rings is 7. The predicted octanol–water partition coefficient (Wildman–Crippen LogP) is 11.3. The van der Waals surface area contributed by atoms with Crippen molar-refractivity contribution in [2.45, 2.75) is 0 Å². The molecule has 10 rings (SSSR count). The van der Waals surface area contributed by atoms with E-state index in [2.05, 4.69) is 143 Å². The van der Waals surface area contributed by atoms with E-state index < -0.39 is 0 Å². The van der Waals surface area contributed by atoms with Gasteiger partial charge in [0.15, 0.2) is 5.58 Å². The summed E-state index contributed by atoms with van der Waals surface area (Å²) in [4.78, 5) is 0. The molecule has 0 atom stereocenters. The monoisotopic (exact) mass is 599 g/mol. The number of fused-ring (bicyclic) bond motifs is 10. The van der Waals surface area contributed by atoms with Crippen LogP contribution in [-0.2, 0) is 0 Å². The molecule has 0 bridgehead atoms. The number of rotatable bonds is 3. The molecule has 0 aliphatic heterocycles. The summed E-state index contributed by atoms with van der Waals surface area (Å²) in [6.07, 6.45) is 0. The first-order chi connectivity index (χ1) is 23.3. The van der Waals surface area contributed by atoms with Crippen LogP contribution in [0.25, 0.3) is 88.1 Å². The Balaban J connectivity index is 1.29. The number of furan rings is 1. The zero-order valence-corrected chi connectivity index (χ0v) is 25.2. The van der Waals surface area contributed by atoms with Gasteiger partial charge in [0.25, 0.3) is 0 Å². The smallest absolute Gasteiger partial charge is 0.160 e. The minimum Gasteiger partial charge on any atom is -0.454 e. The van der Waals surface area contributed by atoms with Crippen LogP contribution in [0.1, 0.15) is 5.56 Å². The van der Waals surface area contributed by atoms with Crippen LogP contribution in [0.4, 0.5) is 0 Å². The van der Waals surface area contributed by atoms with Crippen molar-refractivity contribution in [2.75, 3.05) is 0 Å². The van der Waals surface area contributed by atoms with Gasteiger partial charge in [-0.2, -0.15) is 5.26 Å². The molecule has 7 aromatic carbocycles. The van der Waals surface area contributed by atoms with Crippen LogP contribution in [0.2, 0.25) is 0 Å². The lowest BCUT2D eigenvalue weighted by molar-refractivity contribution is 0.671. The Morgan fingerprint density at radius 1 is 0.489 bits per heavy atom. The molecule has 0 fully saturated rings. The summed E-state index contributed by atoms with van der Waals surface area (Å²) in [5, 5.41) is 17.0.